The van der Waals surface area contributed by atoms with Gasteiger partial charge in [0.05, 0.1) is 12.0 Å². The largest absolute Gasteiger partial charge is 0.493 e. The second-order valence-corrected chi connectivity index (χ2v) is 11.4. The lowest BCUT2D eigenvalue weighted by Crippen LogP contribution is -2.42. The number of thioether (sulfide) groups is 1. The molecule has 5 rings (SSSR count). The van der Waals surface area contributed by atoms with Crippen molar-refractivity contribution in [3.8, 4) is 11.5 Å². The molecule has 0 N–H and O–H groups in total. The van der Waals surface area contributed by atoms with Crippen molar-refractivity contribution in [3.05, 3.63) is 75.1 Å². The molecule has 2 aliphatic heterocycles. The zero-order chi connectivity index (χ0) is 27.4. The molecule has 0 spiro atoms. The van der Waals surface area contributed by atoms with Gasteiger partial charge in [0.15, 0.2) is 11.5 Å². The molecule has 3 amide bonds. The van der Waals surface area contributed by atoms with E-state index in [1.807, 2.05) is 24.3 Å². The van der Waals surface area contributed by atoms with Crippen molar-refractivity contribution in [3.63, 3.8) is 0 Å². The standard InChI is InChI=1S/C30H29BrN2O5S/c1-37-25-15-22(24(31)17-26(25)38-19-21-11-8-10-20-9-4-5-12-23(20)21)16-27-29(35)33(30(36)39-27)18-28(34)32-13-6-2-3-7-14-32/h4-5,8-12,15-17H,2-3,6-7,13-14,18-19H2,1H3. The molecule has 7 nitrogen and oxygen atoms in total. The molecule has 0 aromatic heterocycles. The molecule has 9 heteroatoms. The number of fused-ring (bicyclic) bond motifs is 1. The molecule has 3 aromatic carbocycles. The van der Waals surface area contributed by atoms with Crippen LogP contribution >= 0.6 is 27.7 Å². The molecule has 2 fully saturated rings. The molecule has 2 saturated heterocycles. The van der Waals surface area contributed by atoms with Crippen molar-refractivity contribution in [1.82, 2.24) is 9.80 Å². The highest BCUT2D eigenvalue weighted by Crippen LogP contribution is 2.38. The smallest absolute Gasteiger partial charge is 0.294 e. The Morgan fingerprint density at radius 3 is 2.51 bits per heavy atom. The van der Waals surface area contributed by atoms with Gasteiger partial charge in [0.25, 0.3) is 11.1 Å². The summed E-state index contributed by atoms with van der Waals surface area (Å²) < 4.78 is 12.4. The summed E-state index contributed by atoms with van der Waals surface area (Å²) in [5, 5.41) is 1.83. The minimum atomic E-state index is -0.463. The molecule has 0 bridgehead atoms. The number of imide groups is 1. The highest BCUT2D eigenvalue weighted by Gasteiger charge is 2.37. The third kappa shape index (κ3) is 6.15. The van der Waals surface area contributed by atoms with E-state index in [2.05, 4.69) is 34.1 Å². The van der Waals surface area contributed by atoms with Crippen molar-refractivity contribution in [2.75, 3.05) is 26.7 Å². The Labute approximate surface area is 240 Å². The number of halogens is 1. The summed E-state index contributed by atoms with van der Waals surface area (Å²) in [5.74, 6) is 0.400. The summed E-state index contributed by atoms with van der Waals surface area (Å²) in [6, 6.07) is 17.8. The lowest BCUT2D eigenvalue weighted by molar-refractivity contribution is -0.135. The fourth-order valence-corrected chi connectivity index (χ4v) is 6.11. The molecule has 39 heavy (non-hydrogen) atoms. The van der Waals surface area contributed by atoms with Gasteiger partial charge in [-0.05, 0) is 64.7 Å². The first-order chi connectivity index (χ1) is 18.9. The second kappa shape index (κ2) is 12.3. The van der Waals surface area contributed by atoms with Gasteiger partial charge >= 0.3 is 0 Å². The lowest BCUT2D eigenvalue weighted by Gasteiger charge is -2.22. The van der Waals surface area contributed by atoms with Crippen LogP contribution in [0.4, 0.5) is 4.79 Å². The maximum atomic E-state index is 13.1. The van der Waals surface area contributed by atoms with Crippen molar-refractivity contribution in [2.45, 2.75) is 32.3 Å². The van der Waals surface area contributed by atoms with E-state index in [0.29, 0.717) is 41.2 Å². The molecular weight excluding hydrogens is 580 g/mol. The molecule has 3 aromatic rings. The van der Waals surface area contributed by atoms with Crippen LogP contribution in [-0.4, -0.2) is 53.6 Å². The van der Waals surface area contributed by atoms with E-state index in [9.17, 15) is 14.4 Å². The predicted octanol–water partition coefficient (Wildman–Crippen LogP) is 6.63. The van der Waals surface area contributed by atoms with E-state index in [0.717, 1.165) is 58.7 Å². The number of nitrogens with zero attached hydrogens (tertiary/aromatic N) is 2. The van der Waals surface area contributed by atoms with Crippen molar-refractivity contribution in [2.24, 2.45) is 0 Å². The minimum Gasteiger partial charge on any atom is -0.493 e. The normalized spacial score (nSPS) is 17.1. The van der Waals surface area contributed by atoms with E-state index >= 15 is 0 Å². The van der Waals surface area contributed by atoms with Crippen molar-refractivity contribution in [1.29, 1.82) is 0 Å². The van der Waals surface area contributed by atoms with Crippen molar-refractivity contribution >= 4 is 61.6 Å². The summed E-state index contributed by atoms with van der Waals surface area (Å²) in [4.78, 5) is 41.6. The van der Waals surface area contributed by atoms with Crippen LogP contribution in [0.5, 0.6) is 11.5 Å². The molecule has 202 valence electrons. The Morgan fingerprint density at radius 2 is 1.74 bits per heavy atom. The van der Waals surface area contributed by atoms with Gasteiger partial charge < -0.3 is 14.4 Å². The van der Waals surface area contributed by atoms with Gasteiger partial charge in [-0.15, -0.1) is 0 Å². The Bertz CT molecular complexity index is 1440. The quantitative estimate of drug-likeness (QED) is 0.280. The molecule has 2 aliphatic rings. The summed E-state index contributed by atoms with van der Waals surface area (Å²) in [5.41, 5.74) is 1.72. The zero-order valence-corrected chi connectivity index (χ0v) is 24.1. The van der Waals surface area contributed by atoms with E-state index < -0.39 is 11.1 Å². The summed E-state index contributed by atoms with van der Waals surface area (Å²) >= 11 is 4.41. The monoisotopic (exact) mass is 608 g/mol. The Kier molecular flexibility index (Phi) is 8.57. The average Bonchev–Trinajstić information content (AvgIpc) is 3.12. The molecule has 0 unspecified atom stereocenters. The molecule has 0 saturated carbocycles. The zero-order valence-electron chi connectivity index (χ0n) is 21.7. The van der Waals surface area contributed by atoms with Gasteiger partial charge in [-0.2, -0.15) is 0 Å². The average molecular weight is 610 g/mol. The summed E-state index contributed by atoms with van der Waals surface area (Å²) in [6.07, 6.45) is 5.73. The van der Waals surface area contributed by atoms with Crippen LogP contribution in [0.2, 0.25) is 0 Å². The lowest BCUT2D eigenvalue weighted by atomic mass is 10.1. The number of carbonyl (C=O) groups is 3. The first kappa shape index (κ1) is 27.3. The molecule has 0 atom stereocenters. The van der Waals surface area contributed by atoms with Crippen LogP contribution in [-0.2, 0) is 16.2 Å². The topological polar surface area (TPSA) is 76.2 Å². The number of rotatable bonds is 7. The summed E-state index contributed by atoms with van der Waals surface area (Å²) in [6.45, 7) is 1.47. The molecule has 2 heterocycles. The first-order valence-electron chi connectivity index (χ1n) is 12.9. The Morgan fingerprint density at radius 1 is 1.00 bits per heavy atom. The number of carbonyl (C=O) groups excluding carboxylic acids is 3. The third-order valence-corrected chi connectivity index (χ3v) is 8.55. The van der Waals surface area contributed by atoms with Crippen LogP contribution < -0.4 is 9.47 Å². The minimum absolute atomic E-state index is 0.184. The Balaban J connectivity index is 1.31. The van der Waals surface area contributed by atoms with E-state index in [4.69, 9.17) is 9.47 Å². The first-order valence-corrected chi connectivity index (χ1v) is 14.6. The number of ether oxygens (including phenoxy) is 2. The fraction of sp³-hybridized carbons (Fsp3) is 0.300. The van der Waals surface area contributed by atoms with Crippen LogP contribution in [0.3, 0.4) is 0 Å². The van der Waals surface area contributed by atoms with E-state index in [-0.39, 0.29) is 17.4 Å². The predicted molar refractivity (Wildman–Crippen MR) is 157 cm³/mol. The van der Waals surface area contributed by atoms with Gasteiger partial charge in [0, 0.05) is 17.6 Å². The van der Waals surface area contributed by atoms with Crippen molar-refractivity contribution < 1.29 is 23.9 Å². The van der Waals surface area contributed by atoms with Gasteiger partial charge in [-0.3, -0.25) is 19.3 Å². The SMILES string of the molecule is COc1cc(C=C2SC(=O)N(CC(=O)N3CCCCCC3)C2=O)c(Br)cc1OCc1cccc2ccccc12. The van der Waals surface area contributed by atoms with Crippen LogP contribution in [0, 0.1) is 0 Å². The van der Waals surface area contributed by atoms with Crippen LogP contribution in [0.15, 0.2) is 64.0 Å². The van der Waals surface area contributed by atoms with Gasteiger partial charge in [0.2, 0.25) is 5.91 Å². The van der Waals surface area contributed by atoms with E-state index in [1.165, 1.54) is 0 Å². The number of likely N-dealkylation sites (tertiary alicyclic amines) is 1. The molecule has 0 aliphatic carbocycles. The highest BCUT2D eigenvalue weighted by molar-refractivity contribution is 9.10. The number of hydrogen-bond acceptors (Lipinski definition) is 6. The van der Waals surface area contributed by atoms with Gasteiger partial charge in [0.1, 0.15) is 13.2 Å². The molecular formula is C30H29BrN2O5S. The van der Waals surface area contributed by atoms with Crippen LogP contribution in [0.1, 0.15) is 36.8 Å². The highest BCUT2D eigenvalue weighted by atomic mass is 79.9. The maximum Gasteiger partial charge on any atom is 0.294 e. The van der Waals surface area contributed by atoms with E-state index in [1.54, 1.807) is 30.2 Å². The van der Waals surface area contributed by atoms with Gasteiger partial charge in [-0.1, -0.05) is 71.2 Å². The maximum absolute atomic E-state index is 13.1. The van der Waals surface area contributed by atoms with Gasteiger partial charge in [-0.25, -0.2) is 0 Å². The second-order valence-electron chi connectivity index (χ2n) is 9.51. The summed E-state index contributed by atoms with van der Waals surface area (Å²) in [7, 11) is 1.56. The number of methoxy groups -OCH3 is 1. The number of benzene rings is 3. The number of hydrogen-bond donors (Lipinski definition) is 0. The van der Waals surface area contributed by atoms with Crippen LogP contribution in [0.25, 0.3) is 16.8 Å². The third-order valence-electron chi connectivity index (χ3n) is 6.96. The Hall–Kier alpha value is -3.30. The number of amides is 3. The fourth-order valence-electron chi connectivity index (χ4n) is 4.84. The molecule has 0 radical (unpaired) electrons.